The average Bonchev–Trinajstić information content (AvgIpc) is 3.47. The molecule has 1 amide bonds. The van der Waals surface area contributed by atoms with E-state index in [-0.39, 0.29) is 23.8 Å². The third kappa shape index (κ3) is 3.40. The molecule has 0 saturated carbocycles. The number of piperidine rings is 1. The summed E-state index contributed by atoms with van der Waals surface area (Å²) in [5, 5.41) is 9.12. The van der Waals surface area contributed by atoms with Crippen LogP contribution >= 0.6 is 0 Å². The van der Waals surface area contributed by atoms with Crippen LogP contribution in [0.25, 0.3) is 16.6 Å². The van der Waals surface area contributed by atoms with Gasteiger partial charge in [-0.1, -0.05) is 11.6 Å². The monoisotopic (exact) mass is 443 g/mol. The highest BCUT2D eigenvalue weighted by Gasteiger charge is 2.43. The normalized spacial score (nSPS) is 19.9. The van der Waals surface area contributed by atoms with Crippen molar-refractivity contribution < 1.29 is 9.18 Å². The average molecular weight is 443 g/mol. The Kier molecular flexibility index (Phi) is 4.56. The zero-order valence-corrected chi connectivity index (χ0v) is 18.1. The molecule has 8 nitrogen and oxygen atoms in total. The van der Waals surface area contributed by atoms with Crippen molar-refractivity contribution in [2.75, 3.05) is 18.0 Å². The number of halogens is 1. The quantitative estimate of drug-likeness (QED) is 0.484. The molecule has 4 heterocycles. The summed E-state index contributed by atoms with van der Waals surface area (Å²) in [6, 6.07) is 10.6. The largest absolute Gasteiger partial charge is 0.336 e. The maximum absolute atomic E-state index is 13.7. The van der Waals surface area contributed by atoms with Gasteiger partial charge in [-0.05, 0) is 50.1 Å². The van der Waals surface area contributed by atoms with Gasteiger partial charge in [0, 0.05) is 30.7 Å². The maximum atomic E-state index is 13.7. The van der Waals surface area contributed by atoms with E-state index in [0.717, 1.165) is 24.9 Å². The Morgan fingerprint density at radius 3 is 2.79 bits per heavy atom. The fourth-order valence-electron chi connectivity index (χ4n) is 5.00. The van der Waals surface area contributed by atoms with Crippen molar-refractivity contribution in [2.45, 2.75) is 31.8 Å². The van der Waals surface area contributed by atoms with Gasteiger partial charge in [0.1, 0.15) is 5.82 Å². The Morgan fingerprint density at radius 2 is 1.94 bits per heavy atom. The molecule has 2 atom stereocenters. The molecule has 2 fully saturated rings. The van der Waals surface area contributed by atoms with Crippen LogP contribution in [0.15, 0.2) is 55.0 Å². The molecule has 0 aliphatic carbocycles. The minimum atomic E-state index is -0.301. The molecule has 0 spiro atoms. The van der Waals surface area contributed by atoms with Gasteiger partial charge in [-0.3, -0.25) is 4.79 Å². The van der Waals surface area contributed by atoms with Crippen molar-refractivity contribution in [2.24, 2.45) is 0 Å². The van der Waals surface area contributed by atoms with E-state index < -0.39 is 0 Å². The number of carbonyl (C=O) groups is 1. The topological polar surface area (TPSA) is 80.0 Å². The second-order valence-electron chi connectivity index (χ2n) is 8.70. The Balaban J connectivity index is 1.28. The number of hydrogen-bond acceptors (Lipinski definition) is 6. The molecular weight excluding hydrogens is 421 g/mol. The lowest BCUT2D eigenvalue weighted by atomic mass is 10.0. The Bertz CT molecular complexity index is 1360. The van der Waals surface area contributed by atoms with Crippen LogP contribution < -0.4 is 4.90 Å². The fraction of sp³-hybridized carbons (Fsp3) is 0.292. The van der Waals surface area contributed by atoms with E-state index >= 15 is 0 Å². The molecule has 4 aromatic rings. The van der Waals surface area contributed by atoms with E-state index in [1.165, 1.54) is 16.9 Å². The highest BCUT2D eigenvalue weighted by Crippen LogP contribution is 2.34. The first kappa shape index (κ1) is 19.8. The van der Waals surface area contributed by atoms with Crippen LogP contribution in [0.5, 0.6) is 0 Å². The van der Waals surface area contributed by atoms with Crippen LogP contribution in [-0.4, -0.2) is 60.9 Å². The summed E-state index contributed by atoms with van der Waals surface area (Å²) in [5.41, 5.74) is 3.01. The highest BCUT2D eigenvalue weighted by molar-refractivity contribution is 5.98. The molecular formula is C24H22FN7O. The van der Waals surface area contributed by atoms with E-state index in [1.54, 1.807) is 24.7 Å². The number of likely N-dealkylation sites (tertiary alicyclic amines) is 1. The van der Waals surface area contributed by atoms with E-state index in [0.29, 0.717) is 34.6 Å². The van der Waals surface area contributed by atoms with Crippen molar-refractivity contribution >= 4 is 22.8 Å². The third-order valence-corrected chi connectivity index (χ3v) is 6.60. The zero-order chi connectivity index (χ0) is 22.5. The van der Waals surface area contributed by atoms with Crippen LogP contribution in [0.2, 0.25) is 0 Å². The number of benzene rings is 2. The molecule has 2 bridgehead atoms. The lowest BCUT2D eigenvalue weighted by molar-refractivity contribution is 0.0735. The molecule has 2 aromatic heterocycles. The van der Waals surface area contributed by atoms with Gasteiger partial charge >= 0.3 is 0 Å². The van der Waals surface area contributed by atoms with Crippen LogP contribution in [-0.2, 0) is 0 Å². The van der Waals surface area contributed by atoms with Crippen molar-refractivity contribution in [1.29, 1.82) is 0 Å². The first-order chi connectivity index (χ1) is 16.1. The third-order valence-electron chi connectivity index (χ3n) is 6.60. The van der Waals surface area contributed by atoms with Gasteiger partial charge in [-0.15, -0.1) is 0 Å². The molecule has 0 radical (unpaired) electrons. The fourth-order valence-corrected chi connectivity index (χ4v) is 5.00. The minimum absolute atomic E-state index is 0.00439. The Labute approximate surface area is 189 Å². The van der Waals surface area contributed by atoms with Crippen LogP contribution in [0.4, 0.5) is 10.3 Å². The van der Waals surface area contributed by atoms with E-state index in [2.05, 4.69) is 25.1 Å². The predicted octanol–water partition coefficient (Wildman–Crippen LogP) is 3.15. The number of amides is 1. The van der Waals surface area contributed by atoms with E-state index in [9.17, 15) is 9.18 Å². The molecule has 6 rings (SSSR count). The van der Waals surface area contributed by atoms with Gasteiger partial charge < -0.3 is 9.80 Å². The highest BCUT2D eigenvalue weighted by atomic mass is 19.1. The summed E-state index contributed by atoms with van der Waals surface area (Å²) < 4.78 is 13.5. The second kappa shape index (κ2) is 7.61. The summed E-state index contributed by atoms with van der Waals surface area (Å²) in [4.78, 5) is 28.5. The summed E-state index contributed by atoms with van der Waals surface area (Å²) in [6.07, 6.45) is 6.59. The molecule has 9 heteroatoms. The smallest absolute Gasteiger partial charge is 0.256 e. The minimum Gasteiger partial charge on any atom is -0.336 e. The molecule has 0 unspecified atom stereocenters. The summed E-state index contributed by atoms with van der Waals surface area (Å²) >= 11 is 0. The van der Waals surface area contributed by atoms with Gasteiger partial charge in [-0.2, -0.15) is 15.0 Å². The van der Waals surface area contributed by atoms with Crippen molar-refractivity contribution in [3.8, 4) is 5.69 Å². The van der Waals surface area contributed by atoms with Crippen molar-refractivity contribution in [3.05, 3.63) is 71.9 Å². The van der Waals surface area contributed by atoms with Crippen molar-refractivity contribution in [3.63, 3.8) is 0 Å². The number of aryl methyl sites for hydroxylation is 1. The molecule has 2 aromatic carbocycles. The van der Waals surface area contributed by atoms with Gasteiger partial charge in [0.15, 0.2) is 0 Å². The van der Waals surface area contributed by atoms with Gasteiger partial charge in [0.2, 0.25) is 5.95 Å². The molecule has 33 heavy (non-hydrogen) atoms. The number of rotatable bonds is 3. The lowest BCUT2D eigenvalue weighted by Gasteiger charge is -2.32. The predicted molar refractivity (Wildman–Crippen MR) is 121 cm³/mol. The number of anilines is 1. The van der Waals surface area contributed by atoms with Crippen LogP contribution in [0.1, 0.15) is 28.8 Å². The molecule has 166 valence electrons. The van der Waals surface area contributed by atoms with Gasteiger partial charge in [0.25, 0.3) is 5.91 Å². The summed E-state index contributed by atoms with van der Waals surface area (Å²) in [5.74, 6) is 0.324. The number of hydrogen-bond donors (Lipinski definition) is 0. The van der Waals surface area contributed by atoms with Gasteiger partial charge in [-0.25, -0.2) is 14.4 Å². The van der Waals surface area contributed by atoms with Crippen LogP contribution in [0.3, 0.4) is 0 Å². The SMILES string of the molecule is Cc1ccc(-n2nccn2)c(C(=O)N2C[C@H]3C[C@@H]2CCN3c2ncc3cc(F)ccc3n2)c1. The molecule has 0 N–H and O–H groups in total. The summed E-state index contributed by atoms with van der Waals surface area (Å²) in [6.45, 7) is 3.35. The van der Waals surface area contributed by atoms with Crippen LogP contribution in [0, 0.1) is 12.7 Å². The lowest BCUT2D eigenvalue weighted by Crippen LogP contribution is -2.41. The number of fused-ring (bicyclic) bond motifs is 3. The zero-order valence-electron chi connectivity index (χ0n) is 18.1. The number of aromatic nitrogens is 5. The Morgan fingerprint density at radius 1 is 1.09 bits per heavy atom. The second-order valence-corrected chi connectivity index (χ2v) is 8.70. The summed E-state index contributed by atoms with van der Waals surface area (Å²) in [7, 11) is 0. The number of nitrogens with zero attached hydrogens (tertiary/aromatic N) is 7. The van der Waals surface area contributed by atoms with E-state index in [4.69, 9.17) is 0 Å². The van der Waals surface area contributed by atoms with Crippen molar-refractivity contribution in [1.82, 2.24) is 29.9 Å². The molecule has 2 saturated heterocycles. The van der Waals surface area contributed by atoms with Gasteiger partial charge in [0.05, 0.1) is 35.2 Å². The standard InChI is InChI=1S/C24H22FN7O/c1-15-2-5-22(32-27-7-8-28-32)20(10-15)23(33)31-14-19-12-18(31)6-9-30(19)24-26-13-16-11-17(25)3-4-21(16)29-24/h2-5,7-8,10-11,13,18-19H,6,9,12,14H2,1H3/t18-,19+/m0/s1. The van der Waals surface area contributed by atoms with E-state index in [1.807, 2.05) is 30.0 Å². The molecule has 2 aliphatic heterocycles. The maximum Gasteiger partial charge on any atom is 0.256 e. The first-order valence-corrected chi connectivity index (χ1v) is 11.0. The molecule has 2 aliphatic rings. The first-order valence-electron chi connectivity index (χ1n) is 11.0. The number of carbonyl (C=O) groups excluding carboxylic acids is 1. The Hall–Kier alpha value is -3.88.